The highest BCUT2D eigenvalue weighted by molar-refractivity contribution is 6.04. The van der Waals surface area contributed by atoms with Gasteiger partial charge in [-0.3, -0.25) is 4.79 Å². The Bertz CT molecular complexity index is 1250. The van der Waals surface area contributed by atoms with Crippen LogP contribution in [0.4, 0.5) is 10.6 Å². The van der Waals surface area contributed by atoms with Crippen LogP contribution in [-0.2, 0) is 4.74 Å². The number of rotatable bonds is 4. The van der Waals surface area contributed by atoms with Gasteiger partial charge in [0.1, 0.15) is 34.2 Å². The lowest BCUT2D eigenvalue weighted by Gasteiger charge is -2.27. The smallest absolute Gasteiger partial charge is 0.410 e. The van der Waals surface area contributed by atoms with Crippen molar-refractivity contribution in [1.29, 1.82) is 0 Å². The Balaban J connectivity index is 1.42. The van der Waals surface area contributed by atoms with E-state index in [0.29, 0.717) is 42.5 Å². The van der Waals surface area contributed by atoms with Crippen LogP contribution in [0, 0.1) is 5.92 Å². The van der Waals surface area contributed by atoms with E-state index in [-0.39, 0.29) is 18.1 Å². The van der Waals surface area contributed by atoms with Crippen molar-refractivity contribution in [2.45, 2.75) is 32.4 Å². The number of para-hydroxylation sites is 1. The van der Waals surface area contributed by atoms with Crippen LogP contribution < -0.4 is 15.8 Å². The van der Waals surface area contributed by atoms with Gasteiger partial charge in [-0.2, -0.15) is 5.10 Å². The van der Waals surface area contributed by atoms with Crippen LogP contribution in [0.5, 0.6) is 11.5 Å². The summed E-state index contributed by atoms with van der Waals surface area (Å²) in [6.45, 7) is 7.17. The van der Waals surface area contributed by atoms with Crippen LogP contribution in [-0.4, -0.2) is 51.9 Å². The molecule has 3 N–H and O–H groups in total. The molecule has 0 bridgehead atoms. The van der Waals surface area contributed by atoms with E-state index in [1.807, 2.05) is 80.1 Å². The minimum Gasteiger partial charge on any atom is -0.457 e. The highest BCUT2D eigenvalue weighted by Crippen LogP contribution is 2.40. The Morgan fingerprint density at radius 1 is 1.03 bits per heavy atom. The second-order valence-electron chi connectivity index (χ2n) is 9.91. The summed E-state index contributed by atoms with van der Waals surface area (Å²) in [7, 11) is 0. The largest absolute Gasteiger partial charge is 0.457 e. The third-order valence-corrected chi connectivity index (χ3v) is 6.17. The first-order chi connectivity index (χ1) is 16.7. The number of hydrogen-bond donors (Lipinski definition) is 2. The summed E-state index contributed by atoms with van der Waals surface area (Å²) in [6.07, 6.45) is -0.343. The number of benzene rings is 2. The number of carbonyl (C=O) groups is 2. The average Bonchev–Trinajstić information content (AvgIpc) is 3.41. The molecule has 1 saturated heterocycles. The third kappa shape index (κ3) is 4.53. The molecule has 0 saturated carbocycles. The molecule has 182 valence electrons. The van der Waals surface area contributed by atoms with Crippen LogP contribution in [0.25, 0.3) is 11.3 Å². The maximum atomic E-state index is 12.6. The molecule has 2 aliphatic heterocycles. The summed E-state index contributed by atoms with van der Waals surface area (Å²) >= 11 is 0. The Morgan fingerprint density at radius 3 is 2.37 bits per heavy atom. The van der Waals surface area contributed by atoms with Gasteiger partial charge in [-0.1, -0.05) is 18.2 Å². The molecule has 2 atom stereocenters. The summed E-state index contributed by atoms with van der Waals surface area (Å²) in [6, 6.07) is 16.8. The fourth-order valence-electron chi connectivity index (χ4n) is 4.62. The zero-order chi connectivity index (χ0) is 24.7. The van der Waals surface area contributed by atoms with Crippen molar-refractivity contribution in [3.05, 3.63) is 60.2 Å². The number of fused-ring (bicyclic) bond motifs is 3. The zero-order valence-corrected chi connectivity index (χ0v) is 20.0. The number of carbonyl (C=O) groups excluding carboxylic acids is 2. The second-order valence-corrected chi connectivity index (χ2v) is 9.91. The topological polar surface area (TPSA) is 112 Å². The summed E-state index contributed by atoms with van der Waals surface area (Å²) in [5.41, 5.74) is 6.82. The first kappa shape index (κ1) is 22.8. The van der Waals surface area contributed by atoms with Crippen LogP contribution in [0.2, 0.25) is 0 Å². The number of hydrogen-bond acceptors (Lipinski definition) is 6. The van der Waals surface area contributed by atoms with Crippen molar-refractivity contribution in [1.82, 2.24) is 14.7 Å². The van der Waals surface area contributed by atoms with Gasteiger partial charge in [-0.05, 0) is 57.2 Å². The molecule has 2 aromatic carbocycles. The van der Waals surface area contributed by atoms with Crippen molar-refractivity contribution in [3.63, 3.8) is 0 Å². The molecule has 35 heavy (non-hydrogen) atoms. The first-order valence-corrected chi connectivity index (χ1v) is 11.7. The molecule has 1 fully saturated rings. The molecule has 0 aliphatic carbocycles. The average molecular weight is 476 g/mol. The Morgan fingerprint density at radius 2 is 1.71 bits per heavy atom. The number of likely N-dealkylation sites (tertiary alicyclic amines) is 1. The monoisotopic (exact) mass is 475 g/mol. The molecule has 0 radical (unpaired) electrons. The molecule has 3 aromatic rings. The van der Waals surface area contributed by atoms with Gasteiger partial charge < -0.3 is 25.4 Å². The SMILES string of the molecule is CC(C)(C)OC(=O)N1CC2[C@@H](CNc3c(C(N)=O)c(-c4ccc(Oc5ccccc5)cc4)nn32)C1. The van der Waals surface area contributed by atoms with E-state index in [1.165, 1.54) is 0 Å². The van der Waals surface area contributed by atoms with Crippen molar-refractivity contribution in [2.24, 2.45) is 11.7 Å². The highest BCUT2D eigenvalue weighted by Gasteiger charge is 2.43. The Labute approximate surface area is 203 Å². The number of ether oxygens (including phenoxy) is 2. The van der Waals surface area contributed by atoms with E-state index in [9.17, 15) is 9.59 Å². The van der Waals surface area contributed by atoms with E-state index >= 15 is 0 Å². The summed E-state index contributed by atoms with van der Waals surface area (Å²) in [5.74, 6) is 1.58. The van der Waals surface area contributed by atoms with Gasteiger partial charge >= 0.3 is 6.09 Å². The number of primary amides is 1. The maximum absolute atomic E-state index is 12.6. The van der Waals surface area contributed by atoms with Gasteiger partial charge in [0.15, 0.2) is 0 Å². The standard InChI is InChI=1S/C26H29N5O4/c1-26(2,3)35-25(33)30-14-17-13-28-24-21(23(27)32)22(29-31(24)20(17)15-30)16-9-11-19(12-10-16)34-18-7-5-4-6-8-18/h4-12,17,20,28H,13-15H2,1-3H3,(H2,27,32)/t17-,20?/m0/s1. The van der Waals surface area contributed by atoms with E-state index < -0.39 is 11.5 Å². The molecule has 2 aliphatic rings. The number of aromatic nitrogens is 2. The fraction of sp³-hybridized carbons (Fsp3) is 0.346. The predicted octanol–water partition coefficient (Wildman–Crippen LogP) is 4.27. The van der Waals surface area contributed by atoms with E-state index in [4.69, 9.17) is 20.3 Å². The number of amides is 2. The summed E-state index contributed by atoms with van der Waals surface area (Å²) < 4.78 is 13.2. The molecule has 5 rings (SSSR count). The van der Waals surface area contributed by atoms with Gasteiger partial charge in [-0.25, -0.2) is 9.48 Å². The lowest BCUT2D eigenvalue weighted by Crippen LogP contribution is -2.35. The van der Waals surface area contributed by atoms with E-state index in [0.717, 1.165) is 11.3 Å². The first-order valence-electron chi connectivity index (χ1n) is 11.7. The number of nitrogens with zero attached hydrogens (tertiary/aromatic N) is 3. The molecule has 1 aromatic heterocycles. The molecule has 1 unspecified atom stereocenters. The van der Waals surface area contributed by atoms with E-state index in [1.54, 1.807) is 4.90 Å². The molecular weight excluding hydrogens is 446 g/mol. The van der Waals surface area contributed by atoms with Crippen LogP contribution in [0.15, 0.2) is 54.6 Å². The fourth-order valence-corrected chi connectivity index (χ4v) is 4.62. The lowest BCUT2D eigenvalue weighted by atomic mass is 10.0. The van der Waals surface area contributed by atoms with Crippen LogP contribution >= 0.6 is 0 Å². The number of anilines is 1. The summed E-state index contributed by atoms with van der Waals surface area (Å²) in [5, 5.41) is 8.12. The minimum atomic E-state index is -0.567. The van der Waals surface area contributed by atoms with Gasteiger partial charge in [0.25, 0.3) is 5.91 Å². The molecule has 2 amide bonds. The van der Waals surface area contributed by atoms with Crippen LogP contribution in [0.3, 0.4) is 0 Å². The molecule has 9 nitrogen and oxygen atoms in total. The molecular formula is C26H29N5O4. The van der Waals surface area contributed by atoms with Gasteiger partial charge in [-0.15, -0.1) is 0 Å². The van der Waals surface area contributed by atoms with Gasteiger partial charge in [0, 0.05) is 31.1 Å². The number of nitrogens with one attached hydrogen (secondary N) is 1. The highest BCUT2D eigenvalue weighted by atomic mass is 16.6. The lowest BCUT2D eigenvalue weighted by molar-refractivity contribution is 0.0285. The summed E-state index contributed by atoms with van der Waals surface area (Å²) in [4.78, 5) is 26.8. The van der Waals surface area contributed by atoms with Crippen LogP contribution in [0.1, 0.15) is 37.2 Å². The van der Waals surface area contributed by atoms with Crippen molar-refractivity contribution >= 4 is 17.8 Å². The maximum Gasteiger partial charge on any atom is 0.410 e. The third-order valence-electron chi connectivity index (χ3n) is 6.17. The normalized spacial score (nSPS) is 18.9. The van der Waals surface area contributed by atoms with Gasteiger partial charge in [0.05, 0.1) is 6.04 Å². The predicted molar refractivity (Wildman–Crippen MR) is 132 cm³/mol. The number of nitrogens with two attached hydrogens (primary N) is 1. The quantitative estimate of drug-likeness (QED) is 0.583. The molecule has 0 spiro atoms. The minimum absolute atomic E-state index is 0.0775. The molecule has 3 heterocycles. The zero-order valence-electron chi connectivity index (χ0n) is 20.0. The van der Waals surface area contributed by atoms with Crippen molar-refractivity contribution in [3.8, 4) is 22.8 Å². The second kappa shape index (κ2) is 8.65. The van der Waals surface area contributed by atoms with Gasteiger partial charge in [0.2, 0.25) is 0 Å². The Hall–Kier alpha value is -4.01. The Kier molecular flexibility index (Phi) is 5.62. The molecule has 9 heteroatoms. The van der Waals surface area contributed by atoms with Crippen molar-refractivity contribution < 1.29 is 19.1 Å². The van der Waals surface area contributed by atoms with E-state index in [2.05, 4.69) is 5.32 Å². The van der Waals surface area contributed by atoms with Crippen molar-refractivity contribution in [2.75, 3.05) is 25.0 Å².